The first-order valence-corrected chi connectivity index (χ1v) is 22.3. The van der Waals surface area contributed by atoms with Crippen molar-refractivity contribution in [3.8, 4) is 0 Å². The van der Waals surface area contributed by atoms with Crippen molar-refractivity contribution < 1.29 is 23.9 Å². The van der Waals surface area contributed by atoms with E-state index in [1.54, 1.807) is 5.57 Å². The van der Waals surface area contributed by atoms with Gasteiger partial charge in [-0.15, -0.1) is 10.2 Å². The number of carbonyl (C=O) groups is 3. The summed E-state index contributed by atoms with van der Waals surface area (Å²) in [6.07, 6.45) is 12.4. The van der Waals surface area contributed by atoms with Gasteiger partial charge < -0.3 is 20.2 Å². The molecule has 5 saturated carbocycles. The van der Waals surface area contributed by atoms with Gasteiger partial charge >= 0.3 is 5.97 Å². The van der Waals surface area contributed by atoms with E-state index in [9.17, 15) is 19.5 Å². The van der Waals surface area contributed by atoms with Gasteiger partial charge in [-0.25, -0.2) is 0 Å². The van der Waals surface area contributed by atoms with Crippen molar-refractivity contribution in [2.75, 3.05) is 40.8 Å². The summed E-state index contributed by atoms with van der Waals surface area (Å²) in [7, 11) is 5.74. The van der Waals surface area contributed by atoms with Crippen LogP contribution in [0.2, 0.25) is 0 Å². The Balaban J connectivity index is 0.00000262. The topological polar surface area (TPSA) is 143 Å². The second-order valence-corrected chi connectivity index (χ2v) is 20.4. The van der Waals surface area contributed by atoms with Crippen LogP contribution < -0.4 is 5.73 Å². The molecule has 1 heterocycles. The fourth-order valence-electron chi connectivity index (χ4n) is 14.3. The minimum Gasteiger partial charge on any atom is -0.481 e. The maximum atomic E-state index is 14.1. The Labute approximate surface area is 337 Å². The zero-order valence-electron chi connectivity index (χ0n) is 36.5. The molecule has 56 heavy (non-hydrogen) atoms. The number of carboxylic acid groups (broad SMARTS) is 1. The molecule has 0 saturated heterocycles. The van der Waals surface area contributed by atoms with Crippen LogP contribution in [0.1, 0.15) is 130 Å². The fraction of sp³-hybridized carbons (Fsp3) is 0.848. The van der Waals surface area contributed by atoms with Crippen molar-refractivity contribution in [2.45, 2.75) is 132 Å². The van der Waals surface area contributed by atoms with Gasteiger partial charge in [0.05, 0.1) is 12.5 Å². The molecular formula is C46H75N5O5. The molecule has 0 aromatic carbocycles. The smallest absolute Gasteiger partial charge is 0.306 e. The highest BCUT2D eigenvalue weighted by molar-refractivity contribution is 6.00. The molecular weight excluding hydrogens is 703 g/mol. The number of allylic oxidation sites excluding steroid dienone is 2. The number of carbonyl (C=O) groups excluding carboxylic acids is 2. The monoisotopic (exact) mass is 778 g/mol. The van der Waals surface area contributed by atoms with E-state index >= 15 is 0 Å². The number of carboxylic acids is 1. The Hall–Kier alpha value is -2.43. The second-order valence-electron chi connectivity index (χ2n) is 20.4. The average Bonchev–Trinajstić information content (AvgIpc) is 3.69. The normalized spacial score (nSPS) is 39.0. The number of hydrogen-bond donors (Lipinski definition) is 2. The third-order valence-electron chi connectivity index (χ3n) is 17.2. The minimum absolute atomic E-state index is 0.0385. The van der Waals surface area contributed by atoms with Crippen LogP contribution in [0.5, 0.6) is 0 Å². The van der Waals surface area contributed by atoms with Gasteiger partial charge in [0.15, 0.2) is 5.78 Å². The van der Waals surface area contributed by atoms with Crippen molar-refractivity contribution in [1.82, 2.24) is 20.0 Å². The fourth-order valence-corrected chi connectivity index (χ4v) is 14.3. The molecule has 1 aromatic rings. The molecule has 12 unspecified atom stereocenters. The number of Topliss-reactive ketones (excluding diaryl/α,β-unsaturated/α-hetero) is 2. The van der Waals surface area contributed by atoms with Crippen LogP contribution in [0, 0.1) is 82.3 Å². The van der Waals surface area contributed by atoms with Gasteiger partial charge in [0.2, 0.25) is 11.8 Å². The van der Waals surface area contributed by atoms with Crippen LogP contribution in [-0.4, -0.2) is 83.4 Å². The molecule has 3 N–H and O–H groups in total. The van der Waals surface area contributed by atoms with Crippen LogP contribution in [-0.2, 0) is 20.9 Å². The van der Waals surface area contributed by atoms with Gasteiger partial charge in [-0.1, -0.05) is 47.1 Å². The lowest BCUT2D eigenvalue weighted by Gasteiger charge is -2.67. The maximum absolute atomic E-state index is 14.1. The summed E-state index contributed by atoms with van der Waals surface area (Å²) in [6, 6.07) is 0. The van der Waals surface area contributed by atoms with E-state index in [-0.39, 0.29) is 39.9 Å². The summed E-state index contributed by atoms with van der Waals surface area (Å²) in [5, 5.41) is 17.9. The highest BCUT2D eigenvalue weighted by Crippen LogP contribution is 2.72. The Morgan fingerprint density at radius 1 is 0.911 bits per heavy atom. The number of aromatic nitrogens is 2. The highest BCUT2D eigenvalue weighted by atomic mass is 16.4. The zero-order valence-corrected chi connectivity index (χ0v) is 36.5. The van der Waals surface area contributed by atoms with Crippen molar-refractivity contribution >= 4 is 17.5 Å². The highest BCUT2D eigenvalue weighted by Gasteiger charge is 2.65. The molecule has 0 amide bonds. The van der Waals surface area contributed by atoms with Crippen LogP contribution in [0.3, 0.4) is 0 Å². The molecule has 1 aromatic heterocycles. The predicted octanol–water partition coefficient (Wildman–Crippen LogP) is 7.84. The molecule has 10 nitrogen and oxygen atoms in total. The Bertz CT molecular complexity index is 1640. The zero-order chi connectivity index (χ0) is 40.9. The molecule has 0 aliphatic heterocycles. The molecule has 0 bridgehead atoms. The third kappa shape index (κ3) is 7.62. The van der Waals surface area contributed by atoms with E-state index in [1.165, 1.54) is 51.1 Å². The largest absolute Gasteiger partial charge is 0.481 e. The number of ketones is 2. The quantitative estimate of drug-likeness (QED) is 0.203. The van der Waals surface area contributed by atoms with Gasteiger partial charge in [-0.05, 0) is 156 Å². The molecule has 12 atom stereocenters. The Morgan fingerprint density at radius 3 is 2.21 bits per heavy atom. The number of rotatable bonds is 13. The number of hydrogen-bond acceptors (Lipinski definition) is 9. The first-order chi connectivity index (χ1) is 26.5. The SMILES string of the molecule is CN.Cc1nnc(CN(CCN(C)C)CCC23CCC4C(CCC5C4(C)CCC4C(C)C(CC(=O)C6CC(C(=O)O)C6C)CCC45C)C2=C(C(C)C)C(=O)C3)o1. The standard InChI is InChI=1S/C45H70N4O5.CH5N/c1-26(2)40-37(51)24-45(18-19-49(21-20-48(8)9)25-39-47-46-29(5)54-39)17-14-35-31(41(40)45)10-11-38-43(6)15-12-30(27(3)34(43)13-16-44(35,38)7)22-36(50)32-23-33(28(32)4)42(52)53;1-2/h26-28,30-35,38H,10-25H2,1-9H3,(H,52,53);2H2,1H3. The lowest BCUT2D eigenvalue weighted by atomic mass is 9.37. The lowest BCUT2D eigenvalue weighted by molar-refractivity contribution is -0.172. The second kappa shape index (κ2) is 16.7. The van der Waals surface area contributed by atoms with Crippen LogP contribution in [0.4, 0.5) is 0 Å². The van der Waals surface area contributed by atoms with Gasteiger partial charge in [-0.3, -0.25) is 19.3 Å². The van der Waals surface area contributed by atoms with E-state index in [1.807, 2.05) is 13.8 Å². The number of likely N-dealkylation sites (N-methyl/N-ethyl adjacent to an activating group) is 1. The maximum Gasteiger partial charge on any atom is 0.306 e. The molecule has 5 fully saturated rings. The van der Waals surface area contributed by atoms with Crippen LogP contribution in [0.25, 0.3) is 0 Å². The van der Waals surface area contributed by atoms with Crippen molar-refractivity contribution in [3.63, 3.8) is 0 Å². The van der Waals surface area contributed by atoms with Crippen molar-refractivity contribution in [1.29, 1.82) is 0 Å². The van der Waals surface area contributed by atoms with Crippen LogP contribution >= 0.6 is 0 Å². The summed E-state index contributed by atoms with van der Waals surface area (Å²) in [5.41, 5.74) is 7.71. The van der Waals surface area contributed by atoms with E-state index in [4.69, 9.17) is 4.42 Å². The summed E-state index contributed by atoms with van der Waals surface area (Å²) >= 11 is 0. The molecule has 10 heteroatoms. The molecule has 0 radical (unpaired) electrons. The minimum atomic E-state index is -0.748. The molecule has 6 aliphatic carbocycles. The number of aryl methyl sites for hydroxylation is 1. The number of aliphatic carboxylic acids is 1. The Kier molecular flexibility index (Phi) is 12.8. The van der Waals surface area contributed by atoms with Crippen LogP contribution in [0.15, 0.2) is 15.6 Å². The lowest BCUT2D eigenvalue weighted by Crippen LogP contribution is -2.60. The molecule has 0 spiro atoms. The summed E-state index contributed by atoms with van der Waals surface area (Å²) in [6.45, 7) is 19.4. The van der Waals surface area contributed by atoms with Crippen molar-refractivity contribution in [3.05, 3.63) is 22.9 Å². The van der Waals surface area contributed by atoms with Gasteiger partial charge in [0.25, 0.3) is 0 Å². The summed E-state index contributed by atoms with van der Waals surface area (Å²) < 4.78 is 5.83. The predicted molar refractivity (Wildman–Crippen MR) is 219 cm³/mol. The number of nitrogens with zero attached hydrogens (tertiary/aromatic N) is 4. The number of fused-ring (bicyclic) bond motifs is 7. The molecule has 7 rings (SSSR count). The number of nitrogens with two attached hydrogens (primary N) is 1. The van der Waals surface area contributed by atoms with Gasteiger partial charge in [0, 0.05) is 44.2 Å². The van der Waals surface area contributed by atoms with Crippen molar-refractivity contribution in [2.24, 2.45) is 81.2 Å². The summed E-state index contributed by atoms with van der Waals surface area (Å²) in [5.74, 6) is 4.34. The van der Waals surface area contributed by atoms with E-state index in [2.05, 4.69) is 74.4 Å². The average molecular weight is 778 g/mol. The van der Waals surface area contributed by atoms with E-state index in [0.29, 0.717) is 84.7 Å². The van der Waals surface area contributed by atoms with E-state index in [0.717, 1.165) is 38.9 Å². The van der Waals surface area contributed by atoms with Gasteiger partial charge in [0.1, 0.15) is 5.78 Å². The molecule has 314 valence electrons. The molecule has 6 aliphatic rings. The summed E-state index contributed by atoms with van der Waals surface area (Å²) in [4.78, 5) is 43.9. The first kappa shape index (κ1) is 43.2. The third-order valence-corrected chi connectivity index (χ3v) is 17.2. The Morgan fingerprint density at radius 2 is 1.59 bits per heavy atom. The first-order valence-electron chi connectivity index (χ1n) is 22.3. The van der Waals surface area contributed by atoms with E-state index < -0.39 is 5.97 Å². The van der Waals surface area contributed by atoms with Gasteiger partial charge in [-0.2, -0.15) is 0 Å².